The average Bonchev–Trinajstić information content (AvgIpc) is 2.56. The molecule has 12 heavy (non-hydrogen) atoms. The van der Waals surface area contributed by atoms with Crippen molar-refractivity contribution in [2.75, 3.05) is 18.0 Å². The monoisotopic (exact) mass is 167 g/mol. The molecule has 0 saturated heterocycles. The van der Waals surface area contributed by atoms with Crippen LogP contribution < -0.4 is 4.90 Å². The van der Waals surface area contributed by atoms with Crippen molar-refractivity contribution < 1.29 is 4.42 Å². The van der Waals surface area contributed by atoms with Crippen LogP contribution in [0.2, 0.25) is 0 Å². The number of hydrogen-bond acceptors (Lipinski definition) is 2. The lowest BCUT2D eigenvalue weighted by molar-refractivity contribution is 0.565. The van der Waals surface area contributed by atoms with E-state index < -0.39 is 0 Å². The molecule has 1 rings (SSSR count). The molecule has 68 valence electrons. The van der Waals surface area contributed by atoms with Gasteiger partial charge in [0.05, 0.1) is 12.0 Å². The van der Waals surface area contributed by atoms with E-state index in [1.165, 1.54) is 18.5 Å². The first kappa shape index (κ1) is 9.17. The summed E-state index contributed by atoms with van der Waals surface area (Å²) in [7, 11) is 0. The van der Waals surface area contributed by atoms with Crippen LogP contribution in [0.5, 0.6) is 0 Å². The van der Waals surface area contributed by atoms with Gasteiger partial charge in [-0.15, -0.1) is 0 Å². The van der Waals surface area contributed by atoms with E-state index in [0.29, 0.717) is 0 Å². The van der Waals surface area contributed by atoms with Crippen molar-refractivity contribution in [3.8, 4) is 0 Å². The summed E-state index contributed by atoms with van der Waals surface area (Å²) in [6, 6.07) is 2.02. The highest BCUT2D eigenvalue weighted by atomic mass is 16.3. The first-order chi connectivity index (χ1) is 5.88. The van der Waals surface area contributed by atoms with E-state index in [0.717, 1.165) is 13.1 Å². The fourth-order valence-corrected chi connectivity index (χ4v) is 1.35. The van der Waals surface area contributed by atoms with Gasteiger partial charge in [-0.1, -0.05) is 13.8 Å². The minimum Gasteiger partial charge on any atom is -0.470 e. The van der Waals surface area contributed by atoms with Crippen LogP contribution in [0, 0.1) is 0 Å². The molecule has 0 aromatic carbocycles. The quantitative estimate of drug-likeness (QED) is 0.670. The van der Waals surface area contributed by atoms with Gasteiger partial charge in [-0.2, -0.15) is 0 Å². The molecule has 0 amide bonds. The second-order valence-corrected chi connectivity index (χ2v) is 2.97. The van der Waals surface area contributed by atoms with Gasteiger partial charge in [-0.25, -0.2) is 0 Å². The van der Waals surface area contributed by atoms with Gasteiger partial charge < -0.3 is 9.32 Å². The molecule has 0 fully saturated rings. The van der Waals surface area contributed by atoms with Crippen LogP contribution in [0.4, 0.5) is 5.69 Å². The van der Waals surface area contributed by atoms with Crippen LogP contribution in [0.25, 0.3) is 0 Å². The topological polar surface area (TPSA) is 16.4 Å². The largest absolute Gasteiger partial charge is 0.470 e. The van der Waals surface area contributed by atoms with Crippen molar-refractivity contribution in [1.82, 2.24) is 0 Å². The minimum absolute atomic E-state index is 1.12. The van der Waals surface area contributed by atoms with E-state index in [9.17, 15) is 0 Å². The molecule has 0 spiro atoms. The molecule has 0 radical (unpaired) electrons. The van der Waals surface area contributed by atoms with E-state index in [1.54, 1.807) is 6.26 Å². The van der Waals surface area contributed by atoms with Gasteiger partial charge in [0.15, 0.2) is 0 Å². The predicted molar refractivity (Wildman–Crippen MR) is 51.5 cm³/mol. The van der Waals surface area contributed by atoms with E-state index in [1.807, 2.05) is 12.3 Å². The first-order valence-electron chi connectivity index (χ1n) is 4.65. The molecular formula is C10H17NO. The molecule has 1 aromatic heterocycles. The molecule has 0 atom stereocenters. The summed E-state index contributed by atoms with van der Waals surface area (Å²) in [5.41, 5.74) is 1.21. The van der Waals surface area contributed by atoms with Crippen LogP contribution >= 0.6 is 0 Å². The Bertz CT molecular complexity index is 188. The lowest BCUT2D eigenvalue weighted by atomic mass is 10.3. The van der Waals surface area contributed by atoms with Crippen LogP contribution in [-0.2, 0) is 0 Å². The summed E-state index contributed by atoms with van der Waals surface area (Å²) in [5, 5.41) is 0. The molecule has 1 aromatic rings. The normalized spacial score (nSPS) is 10.2. The first-order valence-corrected chi connectivity index (χ1v) is 4.65. The second kappa shape index (κ2) is 4.86. The summed E-state index contributed by atoms with van der Waals surface area (Å²) < 4.78 is 5.05. The SMILES string of the molecule is CCCN(CCC)c1ccoc1. The Morgan fingerprint density at radius 1 is 1.25 bits per heavy atom. The summed E-state index contributed by atoms with van der Waals surface area (Å²) in [5.74, 6) is 0. The molecule has 0 saturated carbocycles. The number of nitrogens with zero attached hydrogens (tertiary/aromatic N) is 1. The van der Waals surface area contributed by atoms with Crippen LogP contribution in [-0.4, -0.2) is 13.1 Å². The molecule has 0 aliphatic heterocycles. The maximum Gasteiger partial charge on any atom is 0.114 e. The van der Waals surface area contributed by atoms with Gasteiger partial charge in [0.1, 0.15) is 6.26 Å². The number of anilines is 1. The molecule has 0 N–H and O–H groups in total. The fourth-order valence-electron chi connectivity index (χ4n) is 1.35. The van der Waals surface area contributed by atoms with Crippen LogP contribution in [0.1, 0.15) is 26.7 Å². The van der Waals surface area contributed by atoms with E-state index in [4.69, 9.17) is 4.42 Å². The maximum absolute atomic E-state index is 5.05. The lowest BCUT2D eigenvalue weighted by Gasteiger charge is -2.21. The minimum atomic E-state index is 1.12. The van der Waals surface area contributed by atoms with Crippen molar-refractivity contribution in [3.63, 3.8) is 0 Å². The Balaban J connectivity index is 2.53. The molecule has 0 aliphatic carbocycles. The maximum atomic E-state index is 5.05. The Morgan fingerprint density at radius 2 is 1.92 bits per heavy atom. The third kappa shape index (κ3) is 2.29. The van der Waals surface area contributed by atoms with Crippen molar-refractivity contribution in [3.05, 3.63) is 18.6 Å². The Morgan fingerprint density at radius 3 is 2.33 bits per heavy atom. The predicted octanol–water partition coefficient (Wildman–Crippen LogP) is 2.91. The van der Waals surface area contributed by atoms with Crippen LogP contribution in [0.15, 0.2) is 23.0 Å². The molecule has 0 unspecified atom stereocenters. The lowest BCUT2D eigenvalue weighted by Crippen LogP contribution is -2.24. The third-order valence-corrected chi connectivity index (χ3v) is 1.86. The van der Waals surface area contributed by atoms with Crippen molar-refractivity contribution in [1.29, 1.82) is 0 Å². The van der Waals surface area contributed by atoms with E-state index >= 15 is 0 Å². The molecule has 0 bridgehead atoms. The molecular weight excluding hydrogens is 150 g/mol. The molecule has 2 nitrogen and oxygen atoms in total. The Hall–Kier alpha value is -0.920. The zero-order valence-corrected chi connectivity index (χ0v) is 7.92. The van der Waals surface area contributed by atoms with Gasteiger partial charge in [0.2, 0.25) is 0 Å². The highest BCUT2D eigenvalue weighted by molar-refractivity contribution is 5.42. The van der Waals surface area contributed by atoms with Crippen molar-refractivity contribution >= 4 is 5.69 Å². The highest BCUT2D eigenvalue weighted by Crippen LogP contribution is 2.14. The smallest absolute Gasteiger partial charge is 0.114 e. The van der Waals surface area contributed by atoms with Crippen molar-refractivity contribution in [2.45, 2.75) is 26.7 Å². The number of furan rings is 1. The number of rotatable bonds is 5. The van der Waals surface area contributed by atoms with Gasteiger partial charge in [-0.05, 0) is 18.9 Å². The van der Waals surface area contributed by atoms with E-state index in [2.05, 4.69) is 18.7 Å². The Labute approximate surface area is 74.2 Å². The van der Waals surface area contributed by atoms with Crippen molar-refractivity contribution in [2.24, 2.45) is 0 Å². The number of hydrogen-bond donors (Lipinski definition) is 0. The van der Waals surface area contributed by atoms with Gasteiger partial charge in [0.25, 0.3) is 0 Å². The Kier molecular flexibility index (Phi) is 3.71. The highest BCUT2D eigenvalue weighted by Gasteiger charge is 2.03. The zero-order chi connectivity index (χ0) is 8.81. The standard InChI is InChI=1S/C10H17NO/c1-3-6-11(7-4-2)10-5-8-12-9-10/h5,8-9H,3-4,6-7H2,1-2H3. The van der Waals surface area contributed by atoms with Gasteiger partial charge in [-0.3, -0.25) is 0 Å². The summed E-state index contributed by atoms with van der Waals surface area (Å²) in [6.45, 7) is 6.63. The summed E-state index contributed by atoms with van der Waals surface area (Å²) in [6.07, 6.45) is 5.91. The third-order valence-electron chi connectivity index (χ3n) is 1.86. The average molecular weight is 167 g/mol. The van der Waals surface area contributed by atoms with Crippen LogP contribution in [0.3, 0.4) is 0 Å². The second-order valence-electron chi connectivity index (χ2n) is 2.97. The van der Waals surface area contributed by atoms with Gasteiger partial charge >= 0.3 is 0 Å². The summed E-state index contributed by atoms with van der Waals surface area (Å²) >= 11 is 0. The molecule has 2 heteroatoms. The fraction of sp³-hybridized carbons (Fsp3) is 0.600. The molecule has 1 heterocycles. The van der Waals surface area contributed by atoms with Gasteiger partial charge in [0, 0.05) is 13.1 Å². The van der Waals surface area contributed by atoms with E-state index in [-0.39, 0.29) is 0 Å². The molecule has 0 aliphatic rings. The summed E-state index contributed by atoms with van der Waals surface area (Å²) in [4.78, 5) is 2.35. The zero-order valence-electron chi connectivity index (χ0n) is 7.92.